The molecule has 0 aliphatic carbocycles. The number of benzene rings is 2. The zero-order valence-corrected chi connectivity index (χ0v) is 16.4. The van der Waals surface area contributed by atoms with E-state index >= 15 is 0 Å². The van der Waals surface area contributed by atoms with Crippen LogP contribution in [-0.2, 0) is 12.8 Å². The molecular weight excluding hydrogens is 346 g/mol. The molecule has 4 heteroatoms. The van der Waals surface area contributed by atoms with Crippen LogP contribution < -0.4 is 14.8 Å². The van der Waals surface area contributed by atoms with Gasteiger partial charge in [-0.05, 0) is 68.0 Å². The van der Waals surface area contributed by atoms with Crippen LogP contribution in [0.4, 0.5) is 0 Å². The van der Waals surface area contributed by atoms with Gasteiger partial charge in [-0.2, -0.15) is 0 Å². The van der Waals surface area contributed by atoms with Gasteiger partial charge in [-0.15, -0.1) is 12.4 Å². The van der Waals surface area contributed by atoms with Crippen LogP contribution in [0.5, 0.6) is 11.5 Å². The fraction of sp³-hybridized carbons (Fsp3) is 0.455. The Morgan fingerprint density at radius 1 is 1.04 bits per heavy atom. The third-order valence-electron chi connectivity index (χ3n) is 4.93. The van der Waals surface area contributed by atoms with E-state index in [9.17, 15) is 0 Å². The molecule has 2 aromatic carbocycles. The van der Waals surface area contributed by atoms with Crippen molar-refractivity contribution in [2.24, 2.45) is 0 Å². The van der Waals surface area contributed by atoms with E-state index in [4.69, 9.17) is 9.47 Å². The summed E-state index contributed by atoms with van der Waals surface area (Å²) >= 11 is 0. The van der Waals surface area contributed by atoms with E-state index < -0.39 is 0 Å². The Labute approximate surface area is 163 Å². The smallest absolute Gasteiger partial charge is 0.122 e. The van der Waals surface area contributed by atoms with Gasteiger partial charge < -0.3 is 14.8 Å². The highest BCUT2D eigenvalue weighted by Crippen LogP contribution is 2.22. The number of hydrogen-bond donors (Lipinski definition) is 1. The molecule has 1 N–H and O–H groups in total. The lowest BCUT2D eigenvalue weighted by atomic mass is 10.0. The molecule has 1 fully saturated rings. The molecule has 1 aliphatic rings. The largest absolute Gasteiger partial charge is 0.497 e. The van der Waals surface area contributed by atoms with Crippen molar-refractivity contribution in [1.29, 1.82) is 0 Å². The van der Waals surface area contributed by atoms with Gasteiger partial charge in [-0.3, -0.25) is 0 Å². The van der Waals surface area contributed by atoms with Gasteiger partial charge in [-0.1, -0.05) is 36.8 Å². The van der Waals surface area contributed by atoms with Crippen LogP contribution in [-0.4, -0.2) is 26.3 Å². The Kier molecular flexibility index (Phi) is 8.79. The predicted octanol–water partition coefficient (Wildman–Crippen LogP) is 4.81. The lowest BCUT2D eigenvalue weighted by Gasteiger charge is -2.23. The molecule has 0 bridgehead atoms. The summed E-state index contributed by atoms with van der Waals surface area (Å²) in [4.78, 5) is 0. The van der Waals surface area contributed by atoms with Crippen molar-refractivity contribution in [1.82, 2.24) is 5.32 Å². The normalized spacial score (nSPS) is 16.6. The maximum atomic E-state index is 6.11. The molecule has 1 unspecified atom stereocenters. The zero-order valence-electron chi connectivity index (χ0n) is 15.6. The van der Waals surface area contributed by atoms with Gasteiger partial charge in [0.2, 0.25) is 0 Å². The number of piperidine rings is 1. The SMILES string of the molecule is COc1cccc(CCc2ccccc2OCCC2CCCCN2)c1.Cl. The third kappa shape index (κ3) is 6.22. The molecule has 3 rings (SSSR count). The molecule has 2 aromatic rings. The monoisotopic (exact) mass is 375 g/mol. The highest BCUT2D eigenvalue weighted by molar-refractivity contribution is 5.85. The minimum atomic E-state index is 0. The minimum absolute atomic E-state index is 0. The summed E-state index contributed by atoms with van der Waals surface area (Å²) < 4.78 is 11.4. The Bertz CT molecular complexity index is 656. The first-order chi connectivity index (χ1) is 12.3. The highest BCUT2D eigenvalue weighted by Gasteiger charge is 2.12. The van der Waals surface area contributed by atoms with Crippen LogP contribution in [0, 0.1) is 0 Å². The number of aryl methyl sites for hydroxylation is 2. The Balaban J connectivity index is 0.00000243. The van der Waals surface area contributed by atoms with Crippen molar-refractivity contribution in [3.8, 4) is 11.5 Å². The van der Waals surface area contributed by atoms with Gasteiger partial charge >= 0.3 is 0 Å². The summed E-state index contributed by atoms with van der Waals surface area (Å²) in [7, 11) is 1.71. The molecule has 1 atom stereocenters. The summed E-state index contributed by atoms with van der Waals surface area (Å²) in [6, 6.07) is 17.3. The number of ether oxygens (including phenoxy) is 2. The van der Waals surface area contributed by atoms with Crippen LogP contribution in [0.15, 0.2) is 48.5 Å². The Morgan fingerprint density at radius 3 is 2.73 bits per heavy atom. The van der Waals surface area contributed by atoms with Crippen LogP contribution in [0.2, 0.25) is 0 Å². The second kappa shape index (κ2) is 11.1. The van der Waals surface area contributed by atoms with E-state index in [0.29, 0.717) is 6.04 Å². The summed E-state index contributed by atoms with van der Waals surface area (Å²) in [5.41, 5.74) is 2.57. The molecular formula is C22H30ClNO2. The first-order valence-electron chi connectivity index (χ1n) is 9.42. The van der Waals surface area contributed by atoms with Gasteiger partial charge in [0.05, 0.1) is 13.7 Å². The van der Waals surface area contributed by atoms with Crippen molar-refractivity contribution >= 4 is 12.4 Å². The van der Waals surface area contributed by atoms with Crippen molar-refractivity contribution in [2.45, 2.75) is 44.6 Å². The first-order valence-corrected chi connectivity index (χ1v) is 9.42. The summed E-state index contributed by atoms with van der Waals surface area (Å²) in [5.74, 6) is 1.95. The molecule has 26 heavy (non-hydrogen) atoms. The molecule has 0 amide bonds. The maximum absolute atomic E-state index is 6.11. The highest BCUT2D eigenvalue weighted by atomic mass is 35.5. The van der Waals surface area contributed by atoms with E-state index in [-0.39, 0.29) is 12.4 Å². The number of rotatable bonds is 8. The van der Waals surface area contributed by atoms with Gasteiger partial charge in [0.25, 0.3) is 0 Å². The van der Waals surface area contributed by atoms with Gasteiger partial charge in [0, 0.05) is 6.04 Å². The lowest BCUT2D eigenvalue weighted by molar-refractivity contribution is 0.266. The quantitative estimate of drug-likeness (QED) is 0.717. The van der Waals surface area contributed by atoms with E-state index in [1.807, 2.05) is 12.1 Å². The number of halogens is 1. The predicted molar refractivity (Wildman–Crippen MR) is 110 cm³/mol. The van der Waals surface area contributed by atoms with Gasteiger partial charge in [0.15, 0.2) is 0 Å². The molecule has 1 heterocycles. The van der Waals surface area contributed by atoms with Crippen LogP contribution in [0.3, 0.4) is 0 Å². The summed E-state index contributed by atoms with van der Waals surface area (Å²) in [5, 5.41) is 3.59. The van der Waals surface area contributed by atoms with Crippen LogP contribution in [0.25, 0.3) is 0 Å². The second-order valence-electron chi connectivity index (χ2n) is 6.74. The molecule has 0 saturated carbocycles. The fourth-order valence-corrected chi connectivity index (χ4v) is 3.44. The molecule has 0 spiro atoms. The average molecular weight is 376 g/mol. The second-order valence-corrected chi connectivity index (χ2v) is 6.74. The first kappa shape index (κ1) is 20.6. The molecule has 0 aromatic heterocycles. The molecule has 142 valence electrons. The number of hydrogen-bond acceptors (Lipinski definition) is 3. The van der Waals surface area contributed by atoms with Crippen LogP contribution >= 0.6 is 12.4 Å². The zero-order chi connectivity index (χ0) is 17.3. The van der Waals surface area contributed by atoms with Gasteiger partial charge in [0.1, 0.15) is 11.5 Å². The lowest BCUT2D eigenvalue weighted by Crippen LogP contribution is -2.35. The van der Waals surface area contributed by atoms with Crippen LogP contribution in [0.1, 0.15) is 36.8 Å². The molecule has 0 radical (unpaired) electrons. The maximum Gasteiger partial charge on any atom is 0.122 e. The number of nitrogens with one attached hydrogen (secondary N) is 1. The Morgan fingerprint density at radius 2 is 1.92 bits per heavy atom. The van der Waals surface area contributed by atoms with Crippen molar-refractivity contribution in [3.63, 3.8) is 0 Å². The van der Waals surface area contributed by atoms with Crippen molar-refractivity contribution in [3.05, 3.63) is 59.7 Å². The topological polar surface area (TPSA) is 30.5 Å². The van der Waals surface area contributed by atoms with E-state index in [1.54, 1.807) is 7.11 Å². The summed E-state index contributed by atoms with van der Waals surface area (Å²) in [6.45, 7) is 1.94. The molecule has 3 nitrogen and oxygen atoms in total. The standard InChI is InChI=1S/C22H29NO2.ClH/c1-24-21-10-6-7-18(17-21)12-13-19-8-2-3-11-22(19)25-16-14-20-9-4-5-15-23-20;/h2-3,6-8,10-11,17,20,23H,4-5,9,12-16H2,1H3;1H. The van der Waals surface area contributed by atoms with E-state index in [2.05, 4.69) is 41.7 Å². The molecule has 1 saturated heterocycles. The van der Waals surface area contributed by atoms with E-state index in [0.717, 1.165) is 43.9 Å². The minimum Gasteiger partial charge on any atom is -0.497 e. The fourth-order valence-electron chi connectivity index (χ4n) is 3.44. The van der Waals surface area contributed by atoms with Crippen molar-refractivity contribution in [2.75, 3.05) is 20.3 Å². The Hall–Kier alpha value is -1.71. The number of para-hydroxylation sites is 1. The summed E-state index contributed by atoms with van der Waals surface area (Å²) in [6.07, 6.45) is 6.98. The molecule has 1 aliphatic heterocycles. The third-order valence-corrected chi connectivity index (χ3v) is 4.93. The number of methoxy groups -OCH3 is 1. The van der Waals surface area contributed by atoms with Crippen molar-refractivity contribution < 1.29 is 9.47 Å². The van der Waals surface area contributed by atoms with E-state index in [1.165, 1.54) is 30.4 Å². The van der Waals surface area contributed by atoms with Gasteiger partial charge in [-0.25, -0.2) is 0 Å². The average Bonchev–Trinajstić information content (AvgIpc) is 2.68.